The highest BCUT2D eigenvalue weighted by Crippen LogP contribution is 2.26. The second-order valence-electron chi connectivity index (χ2n) is 8.94. The molecule has 0 unspecified atom stereocenters. The quantitative estimate of drug-likeness (QED) is 0.502. The van der Waals surface area contributed by atoms with Gasteiger partial charge in [-0.2, -0.15) is 9.29 Å². The topological polar surface area (TPSA) is 115 Å². The molecule has 0 saturated carbocycles. The molecule has 1 aliphatic heterocycles. The molecule has 2 aromatic carbocycles. The highest BCUT2D eigenvalue weighted by atomic mass is 32.2. The molecule has 0 radical (unpaired) electrons. The Hall–Kier alpha value is -3.24. The van der Waals surface area contributed by atoms with E-state index >= 15 is 0 Å². The van der Waals surface area contributed by atoms with Crippen molar-refractivity contribution in [3.05, 3.63) is 65.8 Å². The van der Waals surface area contributed by atoms with Gasteiger partial charge < -0.3 is 14.6 Å². The lowest BCUT2D eigenvalue weighted by atomic mass is 9.98. The van der Waals surface area contributed by atoms with Crippen LogP contribution < -0.4 is 10.1 Å². The van der Waals surface area contributed by atoms with Crippen LogP contribution in [0.25, 0.3) is 0 Å². The van der Waals surface area contributed by atoms with Crippen molar-refractivity contribution in [2.75, 3.05) is 25.5 Å². The minimum atomic E-state index is -3.69. The molecule has 1 aromatic heterocycles. The maximum Gasteiger partial charge on any atom is 0.243 e. The van der Waals surface area contributed by atoms with Gasteiger partial charge in [-0.25, -0.2) is 8.42 Å². The van der Waals surface area contributed by atoms with Crippen LogP contribution in [0.4, 0.5) is 5.69 Å². The smallest absolute Gasteiger partial charge is 0.243 e. The van der Waals surface area contributed by atoms with Gasteiger partial charge in [0.15, 0.2) is 5.82 Å². The zero-order chi connectivity index (χ0) is 25.0. The van der Waals surface area contributed by atoms with Crippen molar-refractivity contribution in [2.45, 2.75) is 43.9 Å². The molecule has 2 heterocycles. The largest absolute Gasteiger partial charge is 0.497 e. The number of carbonyl (C=O) groups is 1. The molecule has 1 atom stereocenters. The minimum Gasteiger partial charge on any atom is -0.497 e. The van der Waals surface area contributed by atoms with Crippen LogP contribution in [0.15, 0.2) is 57.9 Å². The molecule has 0 bridgehead atoms. The average Bonchev–Trinajstić information content (AvgIpc) is 3.34. The maximum atomic E-state index is 13.1. The van der Waals surface area contributed by atoms with Gasteiger partial charge in [-0.1, -0.05) is 31.1 Å². The first-order valence-electron chi connectivity index (χ1n) is 11.6. The normalized spacial score (nSPS) is 16.9. The van der Waals surface area contributed by atoms with Gasteiger partial charge in [0.1, 0.15) is 5.75 Å². The number of benzene rings is 2. The maximum absolute atomic E-state index is 13.1. The van der Waals surface area contributed by atoms with Crippen molar-refractivity contribution < 1.29 is 22.5 Å². The molecule has 0 aliphatic carbocycles. The number of anilines is 1. The van der Waals surface area contributed by atoms with E-state index in [9.17, 15) is 13.2 Å². The van der Waals surface area contributed by atoms with Crippen molar-refractivity contribution in [1.29, 1.82) is 0 Å². The number of nitrogens with zero attached hydrogens (tertiary/aromatic N) is 3. The number of hydrogen-bond donors (Lipinski definition) is 1. The number of ether oxygens (including phenoxy) is 1. The molecule has 1 amide bonds. The number of rotatable bonds is 8. The molecule has 10 heteroatoms. The van der Waals surface area contributed by atoms with Crippen LogP contribution in [0.5, 0.6) is 5.75 Å². The summed E-state index contributed by atoms with van der Waals surface area (Å²) < 4.78 is 37.9. The molecular formula is C25H30N4O5S. The molecule has 9 nitrogen and oxygen atoms in total. The van der Waals surface area contributed by atoms with Crippen LogP contribution in [0.1, 0.15) is 49.9 Å². The lowest BCUT2D eigenvalue weighted by Gasteiger charge is -2.31. The minimum absolute atomic E-state index is 0.147. The van der Waals surface area contributed by atoms with Crippen molar-refractivity contribution in [2.24, 2.45) is 5.92 Å². The van der Waals surface area contributed by atoms with Crippen molar-refractivity contribution in [1.82, 2.24) is 14.4 Å². The van der Waals surface area contributed by atoms with Gasteiger partial charge in [0.25, 0.3) is 0 Å². The Kier molecular flexibility index (Phi) is 7.51. The van der Waals surface area contributed by atoms with E-state index in [4.69, 9.17) is 9.26 Å². The number of aromatic nitrogens is 2. The van der Waals surface area contributed by atoms with Crippen LogP contribution >= 0.6 is 0 Å². The van der Waals surface area contributed by atoms with Gasteiger partial charge in [0.2, 0.25) is 21.8 Å². The number of carbonyl (C=O) groups excluding carboxylic acids is 1. The molecule has 35 heavy (non-hydrogen) atoms. The first kappa shape index (κ1) is 24.9. The summed E-state index contributed by atoms with van der Waals surface area (Å²) in [4.78, 5) is 17.5. The second kappa shape index (κ2) is 10.6. The monoisotopic (exact) mass is 498 g/mol. The molecule has 1 fully saturated rings. The summed E-state index contributed by atoms with van der Waals surface area (Å²) >= 11 is 0. The highest BCUT2D eigenvalue weighted by Gasteiger charge is 2.33. The van der Waals surface area contributed by atoms with Crippen LogP contribution in [0.3, 0.4) is 0 Å². The Labute approximate surface area is 205 Å². The number of piperidine rings is 1. The zero-order valence-electron chi connectivity index (χ0n) is 20.1. The Morgan fingerprint density at radius 2 is 1.89 bits per heavy atom. The summed E-state index contributed by atoms with van der Waals surface area (Å²) in [6.45, 7) is 4.53. The highest BCUT2D eigenvalue weighted by molar-refractivity contribution is 7.89. The summed E-state index contributed by atoms with van der Waals surface area (Å²) in [5.74, 6) is 1.38. The number of amides is 1. The van der Waals surface area contributed by atoms with Crippen molar-refractivity contribution in [3.63, 3.8) is 0 Å². The summed E-state index contributed by atoms with van der Waals surface area (Å²) in [5.41, 5.74) is 1.65. The SMILES string of the molecule is COc1ccc(S(=O)(=O)N2CCC[C@@H](C(=O)Nc3ccc(Cc4noc(C(C)C)n4)cc3)C2)cc1. The van der Waals surface area contributed by atoms with Gasteiger partial charge in [-0.3, -0.25) is 4.79 Å². The Morgan fingerprint density at radius 1 is 1.17 bits per heavy atom. The van der Waals surface area contributed by atoms with Crippen molar-refractivity contribution >= 4 is 21.6 Å². The molecule has 3 aromatic rings. The van der Waals surface area contributed by atoms with E-state index in [2.05, 4.69) is 15.5 Å². The zero-order valence-corrected chi connectivity index (χ0v) is 20.9. The van der Waals surface area contributed by atoms with E-state index in [0.29, 0.717) is 49.0 Å². The third-order valence-corrected chi connectivity index (χ3v) is 7.89. The lowest BCUT2D eigenvalue weighted by Crippen LogP contribution is -2.43. The van der Waals surface area contributed by atoms with Crippen LogP contribution in [-0.4, -0.2) is 49.0 Å². The van der Waals surface area contributed by atoms with Gasteiger partial charge in [0.05, 0.1) is 17.9 Å². The first-order valence-corrected chi connectivity index (χ1v) is 13.1. The molecular weight excluding hydrogens is 468 g/mol. The summed E-state index contributed by atoms with van der Waals surface area (Å²) in [5, 5.41) is 6.93. The number of methoxy groups -OCH3 is 1. The predicted octanol–water partition coefficient (Wildman–Crippen LogP) is 3.83. The molecule has 186 valence electrons. The van der Waals surface area contributed by atoms with E-state index in [0.717, 1.165) is 5.56 Å². The molecule has 0 spiro atoms. The second-order valence-corrected chi connectivity index (χ2v) is 10.9. The molecule has 4 rings (SSSR count). The fourth-order valence-corrected chi connectivity index (χ4v) is 5.50. The molecule has 1 aliphatic rings. The standard InChI is InChI=1S/C25H30N4O5S/c1-17(2)25-27-23(28-34-25)15-18-6-8-20(9-7-18)26-24(30)19-5-4-14-29(16-19)35(31,32)22-12-10-21(33-3)11-13-22/h6-13,17,19H,4-5,14-16H2,1-3H3,(H,26,30)/t19-/m1/s1. The number of nitrogens with one attached hydrogen (secondary N) is 1. The fourth-order valence-electron chi connectivity index (χ4n) is 3.98. The Morgan fingerprint density at radius 3 is 2.51 bits per heavy atom. The van der Waals surface area contributed by atoms with E-state index in [1.807, 2.05) is 38.1 Å². The van der Waals surface area contributed by atoms with Crippen LogP contribution in [-0.2, 0) is 21.2 Å². The third kappa shape index (κ3) is 5.88. The number of hydrogen-bond acceptors (Lipinski definition) is 7. The molecule has 1 saturated heterocycles. The molecule has 1 N–H and O–H groups in total. The summed E-state index contributed by atoms with van der Waals surface area (Å²) in [7, 11) is -2.16. The van der Waals surface area contributed by atoms with Gasteiger partial charge in [-0.15, -0.1) is 0 Å². The van der Waals surface area contributed by atoms with Gasteiger partial charge in [0, 0.05) is 31.1 Å². The summed E-state index contributed by atoms with van der Waals surface area (Å²) in [6, 6.07) is 13.7. The average molecular weight is 499 g/mol. The van der Waals surface area contributed by atoms with Crippen LogP contribution in [0, 0.1) is 5.92 Å². The van der Waals surface area contributed by atoms with E-state index in [1.54, 1.807) is 12.1 Å². The Balaban J connectivity index is 1.36. The first-order chi connectivity index (χ1) is 16.8. The van der Waals surface area contributed by atoms with E-state index < -0.39 is 15.9 Å². The van der Waals surface area contributed by atoms with Gasteiger partial charge >= 0.3 is 0 Å². The number of sulfonamides is 1. The lowest BCUT2D eigenvalue weighted by molar-refractivity contribution is -0.120. The summed E-state index contributed by atoms with van der Waals surface area (Å²) in [6.07, 6.45) is 1.79. The van der Waals surface area contributed by atoms with Crippen LogP contribution in [0.2, 0.25) is 0 Å². The van der Waals surface area contributed by atoms with Crippen molar-refractivity contribution in [3.8, 4) is 5.75 Å². The van der Waals surface area contributed by atoms with E-state index in [-0.39, 0.29) is 23.3 Å². The van der Waals surface area contributed by atoms with Gasteiger partial charge in [-0.05, 0) is 54.8 Å². The fraction of sp³-hybridized carbons (Fsp3) is 0.400. The third-order valence-electron chi connectivity index (χ3n) is 6.01. The predicted molar refractivity (Wildman–Crippen MR) is 131 cm³/mol. The van der Waals surface area contributed by atoms with E-state index in [1.165, 1.54) is 23.5 Å². The Bertz CT molecular complexity index is 1250.